The Hall–Kier alpha value is -1.88. The van der Waals surface area contributed by atoms with Gasteiger partial charge in [0, 0.05) is 31.2 Å². The van der Waals surface area contributed by atoms with Crippen LogP contribution in [0.2, 0.25) is 5.02 Å². The summed E-state index contributed by atoms with van der Waals surface area (Å²) in [5.74, 6) is 0.218. The topological polar surface area (TPSA) is 35.6 Å². The van der Waals surface area contributed by atoms with Crippen molar-refractivity contribution in [2.24, 2.45) is 5.92 Å². The van der Waals surface area contributed by atoms with E-state index < -0.39 is 0 Å². The minimum absolute atomic E-state index is 0.0506. The molecule has 1 atom stereocenters. The monoisotopic (exact) mass is 439 g/mol. The van der Waals surface area contributed by atoms with Gasteiger partial charge < -0.3 is 5.32 Å². The summed E-state index contributed by atoms with van der Waals surface area (Å²) in [5, 5.41) is 3.97. The van der Waals surface area contributed by atoms with Crippen molar-refractivity contribution in [2.45, 2.75) is 51.7 Å². The number of hydrogen-bond donors (Lipinski definition) is 1. The molecule has 0 spiro atoms. The number of carbonyl (C=O) groups is 1. The summed E-state index contributed by atoms with van der Waals surface area (Å²) in [5.41, 5.74) is 3.66. The molecule has 0 saturated carbocycles. The van der Waals surface area contributed by atoms with Crippen molar-refractivity contribution < 1.29 is 4.79 Å². The number of amides is 1. The maximum Gasteiger partial charge on any atom is 0.224 e. The zero-order valence-electron chi connectivity index (χ0n) is 18.4. The Morgan fingerprint density at radius 2 is 1.58 bits per heavy atom. The third-order valence-electron chi connectivity index (χ3n) is 6.57. The van der Waals surface area contributed by atoms with Crippen molar-refractivity contribution in [3.05, 3.63) is 70.2 Å². The molecule has 1 N–H and O–H groups in total. The van der Waals surface area contributed by atoms with E-state index in [-0.39, 0.29) is 11.8 Å². The van der Waals surface area contributed by atoms with Crippen LogP contribution in [0.4, 0.5) is 0 Å². The molecule has 1 amide bonds. The first-order valence-corrected chi connectivity index (χ1v) is 12.1. The number of carbonyl (C=O) groups excluding carboxylic acids is 1. The second-order valence-electron chi connectivity index (χ2n) is 9.04. The number of benzene rings is 2. The molecule has 5 heteroatoms. The van der Waals surface area contributed by atoms with Crippen molar-refractivity contribution in [3.8, 4) is 0 Å². The SMILES string of the molecule is O=C(NCc1ccc(CN2CCCCC2)cc1)C1CCCN(Cc2ccccc2Cl)C1. The van der Waals surface area contributed by atoms with Crippen LogP contribution in [0.1, 0.15) is 48.8 Å². The molecule has 2 heterocycles. The first kappa shape index (κ1) is 22.3. The van der Waals surface area contributed by atoms with E-state index >= 15 is 0 Å². The van der Waals surface area contributed by atoms with E-state index in [0.29, 0.717) is 6.54 Å². The van der Waals surface area contributed by atoms with Gasteiger partial charge in [0.15, 0.2) is 0 Å². The number of piperidine rings is 2. The highest BCUT2D eigenvalue weighted by Crippen LogP contribution is 2.22. The van der Waals surface area contributed by atoms with Crippen molar-refractivity contribution >= 4 is 17.5 Å². The Labute approximate surface area is 191 Å². The fraction of sp³-hybridized carbons (Fsp3) is 0.500. The maximum absolute atomic E-state index is 12.8. The summed E-state index contributed by atoms with van der Waals surface area (Å²) < 4.78 is 0. The largest absolute Gasteiger partial charge is 0.352 e. The fourth-order valence-electron chi connectivity index (χ4n) is 4.75. The highest BCUT2D eigenvalue weighted by atomic mass is 35.5. The fourth-order valence-corrected chi connectivity index (χ4v) is 4.95. The standard InChI is InChI=1S/C26H34ClN3O/c27-25-9-3-2-7-23(25)19-30-16-6-8-24(20-30)26(31)28-17-21-10-12-22(13-11-21)18-29-14-4-1-5-15-29/h2-3,7,9-13,24H,1,4-6,8,14-20H2,(H,28,31). The zero-order chi connectivity index (χ0) is 21.5. The molecule has 31 heavy (non-hydrogen) atoms. The molecule has 0 aliphatic carbocycles. The van der Waals surface area contributed by atoms with Gasteiger partial charge in [-0.05, 0) is 68.1 Å². The highest BCUT2D eigenvalue weighted by molar-refractivity contribution is 6.31. The molecule has 1 unspecified atom stereocenters. The van der Waals surface area contributed by atoms with Crippen LogP contribution in [0.15, 0.2) is 48.5 Å². The third-order valence-corrected chi connectivity index (χ3v) is 6.94. The molecule has 0 bridgehead atoms. The second-order valence-corrected chi connectivity index (χ2v) is 9.44. The van der Waals surface area contributed by atoms with Gasteiger partial charge in [0.1, 0.15) is 0 Å². The molecule has 4 nitrogen and oxygen atoms in total. The Morgan fingerprint density at radius 1 is 0.871 bits per heavy atom. The van der Waals surface area contributed by atoms with Gasteiger partial charge in [-0.15, -0.1) is 0 Å². The number of rotatable bonds is 7. The quantitative estimate of drug-likeness (QED) is 0.669. The van der Waals surface area contributed by atoms with Gasteiger partial charge in [-0.25, -0.2) is 0 Å². The lowest BCUT2D eigenvalue weighted by Gasteiger charge is -2.32. The lowest BCUT2D eigenvalue weighted by Crippen LogP contribution is -2.42. The van der Waals surface area contributed by atoms with Crippen molar-refractivity contribution in [3.63, 3.8) is 0 Å². The van der Waals surface area contributed by atoms with Crippen LogP contribution >= 0.6 is 11.6 Å². The molecule has 2 saturated heterocycles. The average Bonchev–Trinajstić information content (AvgIpc) is 2.81. The third kappa shape index (κ3) is 6.55. The molecule has 0 aromatic heterocycles. The molecule has 2 aromatic carbocycles. The summed E-state index contributed by atoms with van der Waals surface area (Å²) in [7, 11) is 0. The van der Waals surface area contributed by atoms with Crippen molar-refractivity contribution in [1.82, 2.24) is 15.1 Å². The van der Waals surface area contributed by atoms with Gasteiger partial charge in [-0.1, -0.05) is 60.5 Å². The molecule has 2 aromatic rings. The maximum atomic E-state index is 12.8. The van der Waals surface area contributed by atoms with E-state index in [2.05, 4.69) is 45.4 Å². The van der Waals surface area contributed by atoms with Gasteiger partial charge in [-0.3, -0.25) is 14.6 Å². The number of likely N-dealkylation sites (tertiary alicyclic amines) is 2. The molecule has 4 rings (SSSR count). The normalized spacial score (nSPS) is 20.5. The smallest absolute Gasteiger partial charge is 0.224 e. The first-order chi connectivity index (χ1) is 15.2. The van der Waals surface area contributed by atoms with Gasteiger partial charge in [0.25, 0.3) is 0 Å². The van der Waals surface area contributed by atoms with E-state index in [9.17, 15) is 4.79 Å². The molecular formula is C26H34ClN3O. The molecule has 0 radical (unpaired) electrons. The molecule has 166 valence electrons. The van der Waals surface area contributed by atoms with Crippen LogP contribution in [0.25, 0.3) is 0 Å². The van der Waals surface area contributed by atoms with Gasteiger partial charge >= 0.3 is 0 Å². The Bertz CT molecular complexity index is 848. The molecular weight excluding hydrogens is 406 g/mol. The van der Waals surface area contributed by atoms with Crippen LogP contribution in [0, 0.1) is 5.92 Å². The summed E-state index contributed by atoms with van der Waals surface area (Å²) in [6, 6.07) is 16.7. The van der Waals surface area contributed by atoms with Crippen LogP contribution in [0.3, 0.4) is 0 Å². The van der Waals surface area contributed by atoms with Gasteiger partial charge in [-0.2, -0.15) is 0 Å². The van der Waals surface area contributed by atoms with Crippen molar-refractivity contribution in [1.29, 1.82) is 0 Å². The van der Waals surface area contributed by atoms with E-state index in [1.54, 1.807) is 0 Å². The van der Waals surface area contributed by atoms with Crippen molar-refractivity contribution in [2.75, 3.05) is 26.2 Å². The zero-order valence-corrected chi connectivity index (χ0v) is 19.1. The lowest BCUT2D eigenvalue weighted by molar-refractivity contribution is -0.126. The number of hydrogen-bond acceptors (Lipinski definition) is 3. The van der Waals surface area contributed by atoms with Crippen LogP contribution < -0.4 is 5.32 Å². The predicted octanol–water partition coefficient (Wildman–Crippen LogP) is 4.85. The summed E-state index contributed by atoms with van der Waals surface area (Å²) in [4.78, 5) is 17.7. The van der Waals surface area contributed by atoms with Gasteiger partial charge in [0.05, 0.1) is 5.92 Å². The minimum Gasteiger partial charge on any atom is -0.352 e. The predicted molar refractivity (Wildman–Crippen MR) is 127 cm³/mol. The van der Waals surface area contributed by atoms with E-state index in [4.69, 9.17) is 11.6 Å². The van der Waals surface area contributed by atoms with E-state index in [1.807, 2.05) is 18.2 Å². The second kappa shape index (κ2) is 11.1. The number of nitrogens with one attached hydrogen (secondary N) is 1. The Morgan fingerprint density at radius 3 is 2.35 bits per heavy atom. The summed E-state index contributed by atoms with van der Waals surface area (Å²) in [6.07, 6.45) is 6.02. The number of nitrogens with zero attached hydrogens (tertiary/aromatic N) is 2. The van der Waals surface area contributed by atoms with Crippen LogP contribution in [0.5, 0.6) is 0 Å². The van der Waals surface area contributed by atoms with Crippen LogP contribution in [-0.4, -0.2) is 41.9 Å². The molecule has 2 aliphatic rings. The Balaban J connectivity index is 1.24. The minimum atomic E-state index is 0.0506. The van der Waals surface area contributed by atoms with Gasteiger partial charge in [0.2, 0.25) is 5.91 Å². The first-order valence-electron chi connectivity index (χ1n) is 11.7. The molecule has 2 fully saturated rings. The lowest BCUT2D eigenvalue weighted by atomic mass is 9.96. The average molecular weight is 440 g/mol. The van der Waals surface area contributed by atoms with E-state index in [0.717, 1.165) is 49.6 Å². The summed E-state index contributed by atoms with van der Waals surface area (Å²) >= 11 is 6.32. The number of halogens is 1. The highest BCUT2D eigenvalue weighted by Gasteiger charge is 2.26. The molecule has 2 aliphatic heterocycles. The summed E-state index contributed by atoms with van der Waals surface area (Å²) in [6.45, 7) is 6.69. The van der Waals surface area contributed by atoms with E-state index in [1.165, 1.54) is 43.5 Å². The van der Waals surface area contributed by atoms with Crippen LogP contribution in [-0.2, 0) is 24.4 Å². The Kier molecular flexibility index (Phi) is 8.01.